The maximum Gasteiger partial charge on any atom is 0.254 e. The van der Waals surface area contributed by atoms with Crippen molar-refractivity contribution in [3.8, 4) is 22.9 Å². The molecule has 1 aromatic heterocycles. The van der Waals surface area contributed by atoms with E-state index in [-0.39, 0.29) is 5.91 Å². The van der Waals surface area contributed by atoms with Gasteiger partial charge in [0, 0.05) is 24.5 Å². The number of amides is 1. The number of nitrogens with zero attached hydrogens (tertiary/aromatic N) is 2. The van der Waals surface area contributed by atoms with Gasteiger partial charge in [-0.15, -0.1) is 0 Å². The van der Waals surface area contributed by atoms with Gasteiger partial charge in [0.25, 0.3) is 5.91 Å². The number of nitrogens with one attached hydrogen (secondary N) is 1. The lowest BCUT2D eigenvalue weighted by Gasteiger charge is -2.12. The Morgan fingerprint density at radius 2 is 1.62 bits per heavy atom. The van der Waals surface area contributed by atoms with Crippen LogP contribution in [-0.2, 0) is 6.42 Å². The third kappa shape index (κ3) is 5.54. The summed E-state index contributed by atoms with van der Waals surface area (Å²) in [6, 6.07) is 15.5. The van der Waals surface area contributed by atoms with Crippen molar-refractivity contribution in [2.24, 2.45) is 0 Å². The second kappa shape index (κ2) is 10.2. The zero-order chi connectivity index (χ0) is 20.5. The first kappa shape index (κ1) is 20.3. The summed E-state index contributed by atoms with van der Waals surface area (Å²) in [6.45, 7) is 5.53. The molecule has 0 saturated heterocycles. The number of carbonyl (C=O) groups excluding carboxylic acids is 1. The number of benzene rings is 2. The highest BCUT2D eigenvalue weighted by atomic mass is 16.5. The van der Waals surface area contributed by atoms with E-state index >= 15 is 0 Å². The molecule has 3 aromatic rings. The molecule has 0 saturated carbocycles. The third-order valence-corrected chi connectivity index (χ3v) is 4.25. The molecule has 6 heteroatoms. The Bertz CT molecular complexity index is 928. The van der Waals surface area contributed by atoms with Gasteiger partial charge in [-0.25, -0.2) is 9.97 Å². The first-order valence-electron chi connectivity index (χ1n) is 9.75. The summed E-state index contributed by atoms with van der Waals surface area (Å²) in [5.41, 5.74) is 2.42. The molecule has 0 fully saturated rings. The summed E-state index contributed by atoms with van der Waals surface area (Å²) in [6.07, 6.45) is 3.78. The van der Waals surface area contributed by atoms with Crippen LogP contribution in [0.25, 0.3) is 11.4 Å². The van der Waals surface area contributed by atoms with Gasteiger partial charge >= 0.3 is 0 Å². The predicted molar refractivity (Wildman–Crippen MR) is 112 cm³/mol. The zero-order valence-electron chi connectivity index (χ0n) is 16.7. The summed E-state index contributed by atoms with van der Waals surface area (Å²) in [5.74, 6) is 1.86. The first-order valence-corrected chi connectivity index (χ1v) is 9.75. The van der Waals surface area contributed by atoms with Crippen molar-refractivity contribution in [3.63, 3.8) is 0 Å². The van der Waals surface area contributed by atoms with Crippen LogP contribution in [0, 0.1) is 0 Å². The highest BCUT2D eigenvalue weighted by Crippen LogP contribution is 2.28. The summed E-state index contributed by atoms with van der Waals surface area (Å²) in [5, 5.41) is 2.91. The van der Waals surface area contributed by atoms with E-state index in [1.54, 1.807) is 12.4 Å². The van der Waals surface area contributed by atoms with Crippen molar-refractivity contribution in [2.75, 3.05) is 19.8 Å². The molecule has 0 radical (unpaired) electrons. The van der Waals surface area contributed by atoms with Gasteiger partial charge in [-0.05, 0) is 38.0 Å². The smallest absolute Gasteiger partial charge is 0.254 e. The van der Waals surface area contributed by atoms with E-state index < -0.39 is 0 Å². The number of carbonyl (C=O) groups is 1. The minimum absolute atomic E-state index is 0.194. The summed E-state index contributed by atoms with van der Waals surface area (Å²) >= 11 is 0. The van der Waals surface area contributed by atoms with E-state index in [4.69, 9.17) is 9.47 Å². The number of aromatic nitrogens is 2. The average Bonchev–Trinajstić information content (AvgIpc) is 2.76. The second-order valence-corrected chi connectivity index (χ2v) is 6.31. The number of rotatable bonds is 9. The van der Waals surface area contributed by atoms with E-state index in [0.29, 0.717) is 37.6 Å². The molecule has 1 heterocycles. The van der Waals surface area contributed by atoms with Crippen LogP contribution in [0.1, 0.15) is 29.8 Å². The molecule has 0 bridgehead atoms. The molecule has 1 amide bonds. The number of hydrogen-bond donors (Lipinski definition) is 1. The van der Waals surface area contributed by atoms with Crippen LogP contribution >= 0.6 is 0 Å². The van der Waals surface area contributed by atoms with Gasteiger partial charge in [0.2, 0.25) is 0 Å². The molecule has 2 aromatic carbocycles. The fourth-order valence-corrected chi connectivity index (χ4v) is 2.86. The van der Waals surface area contributed by atoms with Crippen LogP contribution in [0.5, 0.6) is 11.5 Å². The Morgan fingerprint density at radius 1 is 0.931 bits per heavy atom. The molecular weight excluding hydrogens is 366 g/mol. The van der Waals surface area contributed by atoms with Gasteiger partial charge < -0.3 is 14.8 Å². The molecule has 0 aliphatic rings. The molecule has 0 spiro atoms. The van der Waals surface area contributed by atoms with Crippen LogP contribution in [0.3, 0.4) is 0 Å². The molecule has 0 unspecified atom stereocenters. The van der Waals surface area contributed by atoms with E-state index in [1.807, 2.05) is 62.4 Å². The van der Waals surface area contributed by atoms with Crippen molar-refractivity contribution in [1.29, 1.82) is 0 Å². The third-order valence-electron chi connectivity index (χ3n) is 4.25. The topological polar surface area (TPSA) is 73.3 Å². The van der Waals surface area contributed by atoms with Crippen LogP contribution in [0.4, 0.5) is 0 Å². The molecule has 0 atom stereocenters. The largest absolute Gasteiger partial charge is 0.490 e. The quantitative estimate of drug-likeness (QED) is 0.599. The van der Waals surface area contributed by atoms with Crippen LogP contribution < -0.4 is 14.8 Å². The minimum atomic E-state index is -0.194. The van der Waals surface area contributed by atoms with E-state index in [2.05, 4.69) is 15.3 Å². The molecule has 150 valence electrons. The van der Waals surface area contributed by atoms with Crippen molar-refractivity contribution in [3.05, 3.63) is 72.1 Å². The second-order valence-electron chi connectivity index (χ2n) is 6.31. The fourth-order valence-electron chi connectivity index (χ4n) is 2.86. The predicted octanol–water partition coefficient (Wildman–Crippen LogP) is 3.91. The standard InChI is InChI=1S/C23H25N3O3/c1-3-28-20-11-10-17(14-21(20)29-4-2)12-13-24-23(27)19-15-25-22(26-16-19)18-8-6-5-7-9-18/h5-11,14-16H,3-4,12-13H2,1-2H3,(H,24,27). The molecule has 6 nitrogen and oxygen atoms in total. The van der Waals surface area contributed by atoms with Gasteiger partial charge in [-0.2, -0.15) is 0 Å². The van der Waals surface area contributed by atoms with Crippen molar-refractivity contribution < 1.29 is 14.3 Å². The van der Waals surface area contributed by atoms with E-state index in [0.717, 1.165) is 22.6 Å². The van der Waals surface area contributed by atoms with Crippen LogP contribution in [0.15, 0.2) is 60.9 Å². The SMILES string of the molecule is CCOc1ccc(CCNC(=O)c2cnc(-c3ccccc3)nc2)cc1OCC. The Hall–Kier alpha value is -3.41. The van der Waals surface area contributed by atoms with Gasteiger partial charge in [-0.3, -0.25) is 4.79 Å². The van der Waals surface area contributed by atoms with E-state index in [1.165, 1.54) is 0 Å². The Morgan fingerprint density at radius 3 is 2.31 bits per heavy atom. The highest BCUT2D eigenvalue weighted by Gasteiger charge is 2.09. The maximum absolute atomic E-state index is 12.4. The summed E-state index contributed by atoms with van der Waals surface area (Å²) < 4.78 is 11.2. The van der Waals surface area contributed by atoms with Crippen molar-refractivity contribution in [1.82, 2.24) is 15.3 Å². The molecule has 1 N–H and O–H groups in total. The number of ether oxygens (including phenoxy) is 2. The van der Waals surface area contributed by atoms with Gasteiger partial charge in [0.05, 0.1) is 18.8 Å². The fraction of sp³-hybridized carbons (Fsp3) is 0.261. The van der Waals surface area contributed by atoms with Crippen LogP contribution in [-0.4, -0.2) is 35.6 Å². The van der Waals surface area contributed by atoms with Gasteiger partial charge in [-0.1, -0.05) is 36.4 Å². The maximum atomic E-state index is 12.4. The monoisotopic (exact) mass is 391 g/mol. The molecular formula is C23H25N3O3. The Labute approximate surface area is 170 Å². The van der Waals surface area contributed by atoms with Crippen LogP contribution in [0.2, 0.25) is 0 Å². The summed E-state index contributed by atoms with van der Waals surface area (Å²) in [4.78, 5) is 20.9. The van der Waals surface area contributed by atoms with Gasteiger partial charge in [0.1, 0.15) is 0 Å². The lowest BCUT2D eigenvalue weighted by molar-refractivity contribution is 0.0953. The lowest BCUT2D eigenvalue weighted by Crippen LogP contribution is -2.26. The van der Waals surface area contributed by atoms with Gasteiger partial charge in [0.15, 0.2) is 17.3 Å². The molecule has 3 rings (SSSR count). The Balaban J connectivity index is 1.56. The highest BCUT2D eigenvalue weighted by molar-refractivity contribution is 5.93. The lowest BCUT2D eigenvalue weighted by atomic mass is 10.1. The summed E-state index contributed by atoms with van der Waals surface area (Å²) in [7, 11) is 0. The zero-order valence-corrected chi connectivity index (χ0v) is 16.7. The first-order chi connectivity index (χ1) is 14.2. The molecule has 0 aliphatic heterocycles. The van der Waals surface area contributed by atoms with Crippen molar-refractivity contribution in [2.45, 2.75) is 20.3 Å². The van der Waals surface area contributed by atoms with Crippen molar-refractivity contribution >= 4 is 5.91 Å². The average molecular weight is 391 g/mol. The normalized spacial score (nSPS) is 10.4. The molecule has 29 heavy (non-hydrogen) atoms. The van der Waals surface area contributed by atoms with E-state index in [9.17, 15) is 4.79 Å². The number of hydrogen-bond acceptors (Lipinski definition) is 5. The Kier molecular flexibility index (Phi) is 7.16. The minimum Gasteiger partial charge on any atom is -0.490 e. The molecule has 0 aliphatic carbocycles.